The summed E-state index contributed by atoms with van der Waals surface area (Å²) in [5, 5.41) is 3.40. The normalized spacial score (nSPS) is 13.0. The van der Waals surface area contributed by atoms with Crippen LogP contribution in [0.4, 0.5) is 13.2 Å². The van der Waals surface area contributed by atoms with Crippen molar-refractivity contribution in [3.05, 3.63) is 71.3 Å². The minimum atomic E-state index is -4.41. The second-order valence-corrected chi connectivity index (χ2v) is 6.63. The molecule has 132 valence electrons. The Morgan fingerprint density at radius 3 is 2.60 bits per heavy atom. The molecule has 1 atom stereocenters. The molecule has 0 fully saturated rings. The van der Waals surface area contributed by atoms with Crippen molar-refractivity contribution < 1.29 is 18.0 Å². The van der Waals surface area contributed by atoms with Crippen LogP contribution in [0.3, 0.4) is 0 Å². The highest BCUT2D eigenvalue weighted by Gasteiger charge is 2.30. The van der Waals surface area contributed by atoms with E-state index in [1.807, 2.05) is 30.3 Å². The highest BCUT2D eigenvalue weighted by atomic mass is 32.2. The van der Waals surface area contributed by atoms with Crippen LogP contribution in [0.25, 0.3) is 0 Å². The fourth-order valence-electron chi connectivity index (χ4n) is 1.93. The first-order valence-corrected chi connectivity index (χ1v) is 8.57. The third-order valence-electron chi connectivity index (χ3n) is 3.31. The predicted octanol–water partition coefficient (Wildman–Crippen LogP) is 4.48. The number of amides is 1. The van der Waals surface area contributed by atoms with Gasteiger partial charge in [-0.25, -0.2) is 5.43 Å². The monoisotopic (exact) mass is 366 g/mol. The number of thioether (sulfide) groups is 1. The van der Waals surface area contributed by atoms with Crippen molar-refractivity contribution in [3.63, 3.8) is 0 Å². The number of hydrogen-bond acceptors (Lipinski definition) is 3. The molecular formula is C18H17F3N2OS. The van der Waals surface area contributed by atoms with Gasteiger partial charge < -0.3 is 0 Å². The van der Waals surface area contributed by atoms with E-state index in [0.29, 0.717) is 5.75 Å². The molecule has 0 unspecified atom stereocenters. The van der Waals surface area contributed by atoms with E-state index >= 15 is 0 Å². The number of halogens is 3. The zero-order valence-corrected chi connectivity index (χ0v) is 14.3. The van der Waals surface area contributed by atoms with E-state index in [-0.39, 0.29) is 16.7 Å². The highest BCUT2D eigenvalue weighted by Crippen LogP contribution is 2.29. The van der Waals surface area contributed by atoms with Crippen LogP contribution in [-0.4, -0.2) is 17.4 Å². The van der Waals surface area contributed by atoms with E-state index in [4.69, 9.17) is 0 Å². The molecule has 0 heterocycles. The van der Waals surface area contributed by atoms with Crippen molar-refractivity contribution >= 4 is 23.9 Å². The number of carbonyl (C=O) groups is 1. The van der Waals surface area contributed by atoms with Gasteiger partial charge in [0.15, 0.2) is 0 Å². The number of hydrogen-bond donors (Lipinski definition) is 1. The molecule has 1 N–H and O–H groups in total. The lowest BCUT2D eigenvalue weighted by molar-refractivity contribution is -0.137. The predicted molar refractivity (Wildman–Crippen MR) is 94.4 cm³/mol. The van der Waals surface area contributed by atoms with Gasteiger partial charge in [0, 0.05) is 5.75 Å². The van der Waals surface area contributed by atoms with Crippen LogP contribution in [0.1, 0.15) is 23.6 Å². The number of nitrogens with one attached hydrogen (secondary N) is 1. The number of nitrogens with zero attached hydrogens (tertiary/aromatic N) is 1. The van der Waals surface area contributed by atoms with Crippen molar-refractivity contribution in [2.24, 2.45) is 5.10 Å². The maximum Gasteiger partial charge on any atom is 0.416 e. The average Bonchev–Trinajstić information content (AvgIpc) is 2.60. The van der Waals surface area contributed by atoms with Gasteiger partial charge in [-0.1, -0.05) is 42.5 Å². The molecule has 0 saturated carbocycles. The standard InChI is InChI=1S/C18H17F3N2OS/c1-13(25-12-14-6-3-2-4-7-14)17(24)23-22-11-15-8-5-9-16(10-15)18(19,20)21/h2-11,13H,12H2,1H3,(H,23,24)/b22-11-/t13-/m0/s1. The first-order valence-electron chi connectivity index (χ1n) is 7.52. The fourth-order valence-corrected chi connectivity index (χ4v) is 2.77. The van der Waals surface area contributed by atoms with Gasteiger partial charge in [0.1, 0.15) is 0 Å². The van der Waals surface area contributed by atoms with Crippen molar-refractivity contribution in [2.45, 2.75) is 24.1 Å². The molecule has 2 aromatic rings. The Bertz CT molecular complexity index is 733. The lowest BCUT2D eigenvalue weighted by Gasteiger charge is -2.09. The van der Waals surface area contributed by atoms with E-state index in [9.17, 15) is 18.0 Å². The van der Waals surface area contributed by atoms with Gasteiger partial charge in [-0.2, -0.15) is 18.3 Å². The molecular weight excluding hydrogens is 349 g/mol. The number of alkyl halides is 3. The number of rotatable bonds is 6. The maximum absolute atomic E-state index is 12.6. The van der Waals surface area contributed by atoms with Gasteiger partial charge in [0.2, 0.25) is 0 Å². The van der Waals surface area contributed by atoms with E-state index in [2.05, 4.69) is 10.5 Å². The summed E-state index contributed by atoms with van der Waals surface area (Å²) in [5.74, 6) is 0.386. The number of carbonyl (C=O) groups excluding carboxylic acids is 1. The summed E-state index contributed by atoms with van der Waals surface area (Å²) in [5.41, 5.74) is 2.97. The quantitative estimate of drug-likeness (QED) is 0.605. The Morgan fingerprint density at radius 1 is 1.20 bits per heavy atom. The molecule has 0 aliphatic carbocycles. The Balaban J connectivity index is 1.85. The maximum atomic E-state index is 12.6. The Kier molecular flexibility index (Phi) is 6.64. The molecule has 0 aromatic heterocycles. The molecule has 0 spiro atoms. The molecule has 0 aliphatic rings. The largest absolute Gasteiger partial charge is 0.416 e. The summed E-state index contributed by atoms with van der Waals surface area (Å²) < 4.78 is 37.9. The molecule has 0 bridgehead atoms. The van der Waals surface area contributed by atoms with Crippen molar-refractivity contribution in [1.29, 1.82) is 0 Å². The van der Waals surface area contributed by atoms with Crippen molar-refractivity contribution in [2.75, 3.05) is 0 Å². The van der Waals surface area contributed by atoms with Gasteiger partial charge in [-0.15, -0.1) is 11.8 Å². The van der Waals surface area contributed by atoms with Crippen LogP contribution in [0.5, 0.6) is 0 Å². The van der Waals surface area contributed by atoms with E-state index in [0.717, 1.165) is 17.7 Å². The Morgan fingerprint density at radius 2 is 1.92 bits per heavy atom. The lowest BCUT2D eigenvalue weighted by atomic mass is 10.1. The minimum absolute atomic E-state index is 0.264. The summed E-state index contributed by atoms with van der Waals surface area (Å²) in [4.78, 5) is 12.0. The van der Waals surface area contributed by atoms with Crippen LogP contribution in [-0.2, 0) is 16.7 Å². The topological polar surface area (TPSA) is 41.5 Å². The van der Waals surface area contributed by atoms with E-state index in [1.165, 1.54) is 30.1 Å². The van der Waals surface area contributed by atoms with E-state index < -0.39 is 11.7 Å². The second kappa shape index (κ2) is 8.71. The molecule has 0 aliphatic heterocycles. The van der Waals surface area contributed by atoms with Gasteiger partial charge in [-0.05, 0) is 30.2 Å². The molecule has 2 aromatic carbocycles. The SMILES string of the molecule is C[C@H](SCc1ccccc1)C(=O)N/N=C\c1cccc(C(F)(F)F)c1. The summed E-state index contributed by atoms with van der Waals surface area (Å²) >= 11 is 1.45. The van der Waals surface area contributed by atoms with Gasteiger partial charge in [-0.3, -0.25) is 4.79 Å². The highest BCUT2D eigenvalue weighted by molar-refractivity contribution is 7.99. The Labute approximate surface area is 148 Å². The van der Waals surface area contributed by atoms with Crippen LogP contribution in [0, 0.1) is 0 Å². The summed E-state index contributed by atoms with van der Waals surface area (Å²) in [6.07, 6.45) is -3.21. The number of hydrazone groups is 1. The third kappa shape index (κ3) is 6.26. The van der Waals surface area contributed by atoms with Gasteiger partial charge >= 0.3 is 6.18 Å². The minimum Gasteiger partial charge on any atom is -0.272 e. The average molecular weight is 366 g/mol. The molecule has 2 rings (SSSR count). The van der Waals surface area contributed by atoms with Crippen LogP contribution < -0.4 is 5.43 Å². The number of benzene rings is 2. The molecule has 0 radical (unpaired) electrons. The zero-order valence-electron chi connectivity index (χ0n) is 13.5. The summed E-state index contributed by atoms with van der Waals surface area (Å²) in [6, 6.07) is 14.5. The molecule has 25 heavy (non-hydrogen) atoms. The van der Waals surface area contributed by atoms with E-state index in [1.54, 1.807) is 6.92 Å². The fraction of sp³-hybridized carbons (Fsp3) is 0.222. The first kappa shape index (κ1) is 19.1. The summed E-state index contributed by atoms with van der Waals surface area (Å²) in [7, 11) is 0. The van der Waals surface area contributed by atoms with Gasteiger partial charge in [0.05, 0.1) is 17.0 Å². The summed E-state index contributed by atoms with van der Waals surface area (Å²) in [6.45, 7) is 1.75. The lowest BCUT2D eigenvalue weighted by Crippen LogP contribution is -2.27. The first-order chi connectivity index (χ1) is 11.9. The smallest absolute Gasteiger partial charge is 0.272 e. The molecule has 7 heteroatoms. The van der Waals surface area contributed by atoms with Gasteiger partial charge in [0.25, 0.3) is 5.91 Å². The van der Waals surface area contributed by atoms with Crippen molar-refractivity contribution in [3.8, 4) is 0 Å². The van der Waals surface area contributed by atoms with Crippen molar-refractivity contribution in [1.82, 2.24) is 5.43 Å². The second-order valence-electron chi connectivity index (χ2n) is 5.30. The molecule has 0 saturated heterocycles. The zero-order chi connectivity index (χ0) is 18.3. The molecule has 3 nitrogen and oxygen atoms in total. The Hall–Kier alpha value is -2.28. The van der Waals surface area contributed by atoms with Crippen LogP contribution in [0.15, 0.2) is 59.7 Å². The third-order valence-corrected chi connectivity index (χ3v) is 4.53. The van der Waals surface area contributed by atoms with Crippen LogP contribution >= 0.6 is 11.8 Å². The molecule has 1 amide bonds. The van der Waals surface area contributed by atoms with Crippen LogP contribution in [0.2, 0.25) is 0 Å².